The van der Waals surface area contributed by atoms with Crippen LogP contribution in [0.5, 0.6) is 0 Å². The van der Waals surface area contributed by atoms with Gasteiger partial charge < -0.3 is 0 Å². The molecule has 2 aromatic rings. The van der Waals surface area contributed by atoms with Crippen LogP contribution in [-0.4, -0.2) is 42.6 Å². The molecule has 1 aliphatic heterocycles. The molecule has 9 heteroatoms. The molecule has 0 radical (unpaired) electrons. The van der Waals surface area contributed by atoms with Gasteiger partial charge in [-0.2, -0.15) is 4.31 Å². The van der Waals surface area contributed by atoms with Crippen molar-refractivity contribution in [2.24, 2.45) is 0 Å². The molecular formula is C19H22N4O4S. The monoisotopic (exact) mass is 402 g/mol. The number of rotatable bonds is 4. The fourth-order valence-corrected chi connectivity index (χ4v) is 4.55. The molecule has 0 spiro atoms. The molecule has 1 aromatic heterocycles. The van der Waals surface area contributed by atoms with E-state index >= 15 is 0 Å². The third kappa shape index (κ3) is 4.73. The lowest BCUT2D eigenvalue weighted by Gasteiger charge is -2.20. The first-order valence-corrected chi connectivity index (χ1v) is 10.5. The van der Waals surface area contributed by atoms with E-state index in [0.29, 0.717) is 18.7 Å². The quantitative estimate of drug-likeness (QED) is 0.757. The first-order chi connectivity index (χ1) is 13.5. The van der Waals surface area contributed by atoms with E-state index in [2.05, 4.69) is 15.8 Å². The van der Waals surface area contributed by atoms with Gasteiger partial charge in [0.1, 0.15) is 0 Å². The molecule has 1 aliphatic rings. The van der Waals surface area contributed by atoms with Gasteiger partial charge in [0.2, 0.25) is 10.0 Å². The average Bonchev–Trinajstić information content (AvgIpc) is 3.02. The van der Waals surface area contributed by atoms with Crippen LogP contribution in [-0.2, 0) is 10.0 Å². The first-order valence-electron chi connectivity index (χ1n) is 9.09. The summed E-state index contributed by atoms with van der Waals surface area (Å²) in [5.41, 5.74) is 5.01. The van der Waals surface area contributed by atoms with Crippen LogP contribution in [0.25, 0.3) is 0 Å². The van der Waals surface area contributed by atoms with Crippen LogP contribution in [0, 0.1) is 0 Å². The number of aromatic nitrogens is 1. The number of hydrazine groups is 1. The summed E-state index contributed by atoms with van der Waals surface area (Å²) >= 11 is 0. The van der Waals surface area contributed by atoms with Crippen LogP contribution in [0.15, 0.2) is 53.7 Å². The summed E-state index contributed by atoms with van der Waals surface area (Å²) in [7, 11) is -3.66. The Hall–Kier alpha value is -2.78. The van der Waals surface area contributed by atoms with Crippen LogP contribution in [0.2, 0.25) is 0 Å². The van der Waals surface area contributed by atoms with Gasteiger partial charge in [-0.15, -0.1) is 0 Å². The minimum absolute atomic E-state index is 0.0700. The first kappa shape index (κ1) is 20.0. The van der Waals surface area contributed by atoms with Crippen molar-refractivity contribution in [2.45, 2.75) is 30.6 Å². The van der Waals surface area contributed by atoms with Gasteiger partial charge in [-0.1, -0.05) is 18.9 Å². The Morgan fingerprint density at radius 2 is 1.54 bits per heavy atom. The molecule has 2 amide bonds. The van der Waals surface area contributed by atoms with Crippen molar-refractivity contribution in [1.29, 1.82) is 0 Å². The van der Waals surface area contributed by atoms with Gasteiger partial charge in [-0.25, -0.2) is 8.42 Å². The molecular weight excluding hydrogens is 380 g/mol. The molecule has 8 nitrogen and oxygen atoms in total. The summed E-state index contributed by atoms with van der Waals surface area (Å²) in [5, 5.41) is 0. The third-order valence-corrected chi connectivity index (χ3v) is 6.41. The molecule has 2 heterocycles. The normalized spacial score (nSPS) is 15.4. The van der Waals surface area contributed by atoms with E-state index in [-0.39, 0.29) is 10.5 Å². The molecule has 0 aliphatic carbocycles. The van der Waals surface area contributed by atoms with Crippen molar-refractivity contribution >= 4 is 21.8 Å². The molecule has 0 atom stereocenters. The minimum atomic E-state index is -3.66. The van der Waals surface area contributed by atoms with E-state index in [1.54, 1.807) is 12.1 Å². The maximum Gasteiger partial charge on any atom is 0.271 e. The number of pyridine rings is 1. The SMILES string of the molecule is O=C(NNC(=O)c1cccc(S(=O)(=O)N2CCCCCC2)c1)c1cccnc1. The van der Waals surface area contributed by atoms with E-state index < -0.39 is 21.8 Å². The number of hydrogen-bond donors (Lipinski definition) is 2. The molecule has 2 N–H and O–H groups in total. The zero-order valence-electron chi connectivity index (χ0n) is 15.3. The van der Waals surface area contributed by atoms with E-state index in [9.17, 15) is 18.0 Å². The van der Waals surface area contributed by atoms with E-state index in [0.717, 1.165) is 25.7 Å². The second-order valence-corrected chi connectivity index (χ2v) is 8.43. The van der Waals surface area contributed by atoms with Crippen LogP contribution in [0.4, 0.5) is 0 Å². The van der Waals surface area contributed by atoms with E-state index in [1.807, 2.05) is 0 Å². The second-order valence-electron chi connectivity index (χ2n) is 6.50. The molecule has 28 heavy (non-hydrogen) atoms. The summed E-state index contributed by atoms with van der Waals surface area (Å²) in [4.78, 5) is 28.2. The lowest BCUT2D eigenvalue weighted by atomic mass is 10.2. The van der Waals surface area contributed by atoms with E-state index in [1.165, 1.54) is 41.0 Å². The van der Waals surface area contributed by atoms with Gasteiger partial charge >= 0.3 is 0 Å². The van der Waals surface area contributed by atoms with Gasteiger partial charge in [0.15, 0.2) is 0 Å². The minimum Gasteiger partial charge on any atom is -0.267 e. The van der Waals surface area contributed by atoms with Crippen molar-refractivity contribution in [3.63, 3.8) is 0 Å². The molecule has 0 unspecified atom stereocenters. The number of hydrogen-bond acceptors (Lipinski definition) is 5. The predicted octanol–water partition coefficient (Wildman–Crippen LogP) is 1.72. The molecule has 1 fully saturated rings. The number of benzene rings is 1. The van der Waals surface area contributed by atoms with Crippen molar-refractivity contribution in [1.82, 2.24) is 20.1 Å². The zero-order valence-corrected chi connectivity index (χ0v) is 16.1. The third-order valence-electron chi connectivity index (χ3n) is 4.51. The number of sulfonamides is 1. The topological polar surface area (TPSA) is 108 Å². The summed E-state index contributed by atoms with van der Waals surface area (Å²) in [5.74, 6) is -1.13. The maximum absolute atomic E-state index is 12.9. The lowest BCUT2D eigenvalue weighted by Crippen LogP contribution is -2.41. The zero-order chi connectivity index (χ0) is 20.0. The Bertz CT molecular complexity index is 939. The van der Waals surface area contributed by atoms with Crippen LogP contribution in [0.3, 0.4) is 0 Å². The Kier molecular flexibility index (Phi) is 6.37. The Labute approximate surface area is 164 Å². The van der Waals surface area contributed by atoms with Crippen molar-refractivity contribution in [3.05, 3.63) is 59.9 Å². The summed E-state index contributed by atoms with van der Waals surface area (Å²) in [6.45, 7) is 0.972. The maximum atomic E-state index is 12.9. The lowest BCUT2D eigenvalue weighted by molar-refractivity contribution is 0.0846. The van der Waals surface area contributed by atoms with Crippen LogP contribution in [0.1, 0.15) is 46.4 Å². The van der Waals surface area contributed by atoms with Crippen LogP contribution >= 0.6 is 0 Å². The van der Waals surface area contributed by atoms with Gasteiger partial charge in [-0.3, -0.25) is 25.4 Å². The number of amides is 2. The van der Waals surface area contributed by atoms with Gasteiger partial charge in [0, 0.05) is 31.0 Å². The number of nitrogens with zero attached hydrogens (tertiary/aromatic N) is 2. The number of carbonyl (C=O) groups is 2. The smallest absolute Gasteiger partial charge is 0.267 e. The van der Waals surface area contributed by atoms with Gasteiger partial charge in [0.05, 0.1) is 10.5 Å². The highest BCUT2D eigenvalue weighted by atomic mass is 32.2. The fourth-order valence-electron chi connectivity index (χ4n) is 2.98. The fraction of sp³-hybridized carbons (Fsp3) is 0.316. The highest BCUT2D eigenvalue weighted by Gasteiger charge is 2.25. The van der Waals surface area contributed by atoms with Gasteiger partial charge in [0.25, 0.3) is 11.8 Å². The summed E-state index contributed by atoms with van der Waals surface area (Å²) in [6, 6.07) is 8.98. The summed E-state index contributed by atoms with van der Waals surface area (Å²) < 4.78 is 27.2. The molecule has 3 rings (SSSR count). The molecule has 0 saturated carbocycles. The van der Waals surface area contributed by atoms with E-state index in [4.69, 9.17) is 0 Å². The number of carbonyl (C=O) groups excluding carboxylic acids is 2. The molecule has 1 saturated heterocycles. The standard InChI is InChI=1S/C19H22N4O4S/c24-18(21-22-19(25)16-8-6-10-20-14-16)15-7-5-9-17(13-15)28(26,27)23-11-3-1-2-4-12-23/h5-10,13-14H,1-4,11-12H2,(H,21,24)(H,22,25). The highest BCUT2D eigenvalue weighted by molar-refractivity contribution is 7.89. The predicted molar refractivity (Wildman–Crippen MR) is 103 cm³/mol. The second kappa shape index (κ2) is 8.94. The Balaban J connectivity index is 1.70. The molecule has 0 bridgehead atoms. The molecule has 148 valence electrons. The van der Waals surface area contributed by atoms with Crippen molar-refractivity contribution in [2.75, 3.05) is 13.1 Å². The van der Waals surface area contributed by atoms with Crippen molar-refractivity contribution < 1.29 is 18.0 Å². The number of nitrogens with one attached hydrogen (secondary N) is 2. The largest absolute Gasteiger partial charge is 0.271 e. The highest BCUT2D eigenvalue weighted by Crippen LogP contribution is 2.21. The van der Waals surface area contributed by atoms with Gasteiger partial charge in [-0.05, 0) is 43.2 Å². The average molecular weight is 402 g/mol. The molecule has 1 aromatic carbocycles. The Morgan fingerprint density at radius 3 is 2.18 bits per heavy atom. The van der Waals surface area contributed by atoms with Crippen molar-refractivity contribution in [3.8, 4) is 0 Å². The Morgan fingerprint density at radius 1 is 0.893 bits per heavy atom. The summed E-state index contributed by atoms with van der Waals surface area (Å²) in [6.07, 6.45) is 6.61. The van der Waals surface area contributed by atoms with Crippen LogP contribution < -0.4 is 10.9 Å².